The van der Waals surface area contributed by atoms with Gasteiger partial charge in [0, 0.05) is 25.2 Å². The number of benzene rings is 1. The van der Waals surface area contributed by atoms with Crippen LogP contribution in [0.15, 0.2) is 29.3 Å². The molecule has 0 spiro atoms. The molecule has 0 aliphatic carbocycles. The van der Waals surface area contributed by atoms with Crippen LogP contribution in [0.3, 0.4) is 0 Å². The van der Waals surface area contributed by atoms with Crippen molar-refractivity contribution in [3.8, 4) is 11.5 Å². The zero-order valence-corrected chi connectivity index (χ0v) is 15.2. The third kappa shape index (κ3) is 6.28. The van der Waals surface area contributed by atoms with Crippen LogP contribution in [0, 0.1) is 0 Å². The molecule has 0 saturated heterocycles. The molecule has 1 aliphatic heterocycles. The van der Waals surface area contributed by atoms with Crippen molar-refractivity contribution < 1.29 is 9.47 Å². The molecule has 24 heavy (non-hydrogen) atoms. The molecular weight excluding hydrogens is 304 g/mol. The summed E-state index contributed by atoms with van der Waals surface area (Å²) < 4.78 is 11.7. The van der Waals surface area contributed by atoms with E-state index in [1.807, 2.05) is 24.3 Å². The quantitative estimate of drug-likeness (QED) is 0.420. The molecule has 1 atom stereocenters. The summed E-state index contributed by atoms with van der Waals surface area (Å²) in [6, 6.07) is 7.73. The van der Waals surface area contributed by atoms with Crippen LogP contribution in [0.2, 0.25) is 0 Å². The topological polar surface area (TPSA) is 66.9 Å². The van der Waals surface area contributed by atoms with Gasteiger partial charge in [0.2, 0.25) is 0 Å². The van der Waals surface area contributed by atoms with Gasteiger partial charge in [0.05, 0.1) is 6.54 Å². The first-order valence-corrected chi connectivity index (χ1v) is 8.63. The summed E-state index contributed by atoms with van der Waals surface area (Å²) in [5.41, 5.74) is 0.123. The summed E-state index contributed by atoms with van der Waals surface area (Å²) >= 11 is 0. The maximum atomic E-state index is 5.93. The smallest absolute Gasteiger partial charge is 0.191 e. The van der Waals surface area contributed by atoms with Crippen LogP contribution in [0.1, 0.15) is 27.7 Å². The molecule has 0 amide bonds. The maximum absolute atomic E-state index is 5.93. The van der Waals surface area contributed by atoms with Crippen molar-refractivity contribution in [1.29, 1.82) is 0 Å². The van der Waals surface area contributed by atoms with E-state index in [1.54, 1.807) is 0 Å². The monoisotopic (exact) mass is 334 g/mol. The Morgan fingerprint density at radius 3 is 2.62 bits per heavy atom. The van der Waals surface area contributed by atoms with Gasteiger partial charge < -0.3 is 25.4 Å². The minimum absolute atomic E-state index is 0.0666. The fourth-order valence-electron chi connectivity index (χ4n) is 2.31. The van der Waals surface area contributed by atoms with Crippen LogP contribution in [0.4, 0.5) is 0 Å². The van der Waals surface area contributed by atoms with Gasteiger partial charge in [-0.2, -0.15) is 0 Å². The molecule has 3 N–H and O–H groups in total. The van der Waals surface area contributed by atoms with Crippen LogP contribution >= 0.6 is 0 Å². The Morgan fingerprint density at radius 1 is 1.17 bits per heavy atom. The lowest BCUT2D eigenvalue weighted by Gasteiger charge is -2.25. The number of rotatable bonds is 6. The summed E-state index contributed by atoms with van der Waals surface area (Å²) in [6.07, 6.45) is -0.0666. The van der Waals surface area contributed by atoms with Crippen LogP contribution in [0.5, 0.6) is 11.5 Å². The van der Waals surface area contributed by atoms with Crippen molar-refractivity contribution in [1.82, 2.24) is 16.0 Å². The van der Waals surface area contributed by atoms with Gasteiger partial charge >= 0.3 is 0 Å². The predicted octanol–water partition coefficient (Wildman–Crippen LogP) is 1.77. The van der Waals surface area contributed by atoms with E-state index in [2.05, 4.69) is 48.6 Å². The number of para-hydroxylation sites is 2. The second-order valence-electron chi connectivity index (χ2n) is 6.82. The predicted molar refractivity (Wildman–Crippen MR) is 98.1 cm³/mol. The highest BCUT2D eigenvalue weighted by molar-refractivity contribution is 5.79. The van der Waals surface area contributed by atoms with Gasteiger partial charge in [-0.25, -0.2) is 4.99 Å². The standard InChI is InChI=1S/C18H30N4O2/c1-5-19-17(20-10-11-22-18(2,3)4)21-12-14-13-23-15-8-6-7-9-16(15)24-14/h6-9,14,22H,5,10-13H2,1-4H3,(H2,19,20,21). The van der Waals surface area contributed by atoms with E-state index in [1.165, 1.54) is 0 Å². The van der Waals surface area contributed by atoms with Crippen LogP contribution < -0.4 is 25.4 Å². The van der Waals surface area contributed by atoms with E-state index in [0.29, 0.717) is 13.2 Å². The molecule has 1 aromatic carbocycles. The summed E-state index contributed by atoms with van der Waals surface area (Å²) in [7, 11) is 0. The Kier molecular flexibility index (Phi) is 6.73. The first-order chi connectivity index (χ1) is 11.5. The summed E-state index contributed by atoms with van der Waals surface area (Å²) in [6.45, 7) is 12.1. The van der Waals surface area contributed by atoms with E-state index < -0.39 is 0 Å². The molecular formula is C18H30N4O2. The molecule has 2 rings (SSSR count). The first-order valence-electron chi connectivity index (χ1n) is 8.63. The van der Waals surface area contributed by atoms with E-state index in [0.717, 1.165) is 37.1 Å². The fourth-order valence-corrected chi connectivity index (χ4v) is 2.31. The number of aliphatic imine (C=N–C) groups is 1. The summed E-state index contributed by atoms with van der Waals surface area (Å²) in [5.74, 6) is 2.39. The Hall–Kier alpha value is -1.95. The Labute approximate surface area is 145 Å². The van der Waals surface area contributed by atoms with Crippen LogP contribution in [-0.2, 0) is 0 Å². The molecule has 0 saturated carbocycles. The van der Waals surface area contributed by atoms with Crippen molar-refractivity contribution in [3.05, 3.63) is 24.3 Å². The molecule has 6 heteroatoms. The van der Waals surface area contributed by atoms with Gasteiger partial charge in [0.1, 0.15) is 6.61 Å². The molecule has 1 heterocycles. The van der Waals surface area contributed by atoms with Crippen molar-refractivity contribution in [2.24, 2.45) is 4.99 Å². The van der Waals surface area contributed by atoms with Crippen LogP contribution in [-0.4, -0.2) is 50.4 Å². The normalized spacial score (nSPS) is 17.5. The van der Waals surface area contributed by atoms with Gasteiger partial charge in [-0.3, -0.25) is 0 Å². The molecule has 134 valence electrons. The second kappa shape index (κ2) is 8.78. The highest BCUT2D eigenvalue weighted by atomic mass is 16.6. The number of hydrogen-bond acceptors (Lipinski definition) is 4. The Bertz CT molecular complexity index is 540. The average Bonchev–Trinajstić information content (AvgIpc) is 2.55. The molecule has 0 fully saturated rings. The first kappa shape index (κ1) is 18.4. The molecule has 6 nitrogen and oxygen atoms in total. The van der Waals surface area contributed by atoms with Crippen molar-refractivity contribution in [2.45, 2.75) is 39.3 Å². The number of nitrogens with zero attached hydrogens (tertiary/aromatic N) is 1. The molecule has 1 aromatic rings. The summed E-state index contributed by atoms with van der Waals surface area (Å²) in [5, 5.41) is 10.0. The largest absolute Gasteiger partial charge is 0.486 e. The number of ether oxygens (including phenoxy) is 2. The van der Waals surface area contributed by atoms with E-state index in [9.17, 15) is 0 Å². The van der Waals surface area contributed by atoms with E-state index in [-0.39, 0.29) is 11.6 Å². The highest BCUT2D eigenvalue weighted by Crippen LogP contribution is 2.30. The lowest BCUT2D eigenvalue weighted by atomic mass is 10.1. The second-order valence-corrected chi connectivity index (χ2v) is 6.82. The zero-order chi connectivity index (χ0) is 17.4. The van der Waals surface area contributed by atoms with Crippen molar-refractivity contribution >= 4 is 5.96 Å². The Morgan fingerprint density at radius 2 is 1.92 bits per heavy atom. The molecule has 0 bridgehead atoms. The van der Waals surface area contributed by atoms with Gasteiger partial charge in [-0.1, -0.05) is 12.1 Å². The Balaban J connectivity index is 1.80. The fraction of sp³-hybridized carbons (Fsp3) is 0.611. The van der Waals surface area contributed by atoms with E-state index >= 15 is 0 Å². The van der Waals surface area contributed by atoms with Crippen molar-refractivity contribution in [3.63, 3.8) is 0 Å². The average molecular weight is 334 g/mol. The van der Waals surface area contributed by atoms with Gasteiger partial charge in [-0.15, -0.1) is 0 Å². The SMILES string of the molecule is CCNC(=NCC1COc2ccccc2O1)NCCNC(C)(C)C. The lowest BCUT2D eigenvalue weighted by Crippen LogP contribution is -2.45. The molecule has 0 aromatic heterocycles. The molecule has 0 radical (unpaired) electrons. The number of guanidine groups is 1. The lowest BCUT2D eigenvalue weighted by molar-refractivity contribution is 0.0971. The minimum Gasteiger partial charge on any atom is -0.486 e. The highest BCUT2D eigenvalue weighted by Gasteiger charge is 2.20. The van der Waals surface area contributed by atoms with Gasteiger partial charge in [0.15, 0.2) is 23.6 Å². The van der Waals surface area contributed by atoms with Gasteiger partial charge in [-0.05, 0) is 39.8 Å². The third-order valence-electron chi connectivity index (χ3n) is 3.44. The maximum Gasteiger partial charge on any atom is 0.191 e. The zero-order valence-electron chi connectivity index (χ0n) is 15.2. The minimum atomic E-state index is -0.0666. The summed E-state index contributed by atoms with van der Waals surface area (Å²) in [4.78, 5) is 4.61. The number of fused-ring (bicyclic) bond motifs is 1. The molecule has 1 aliphatic rings. The third-order valence-corrected chi connectivity index (χ3v) is 3.44. The van der Waals surface area contributed by atoms with Crippen molar-refractivity contribution in [2.75, 3.05) is 32.8 Å². The van der Waals surface area contributed by atoms with Gasteiger partial charge in [0.25, 0.3) is 0 Å². The number of nitrogens with one attached hydrogen (secondary N) is 3. The van der Waals surface area contributed by atoms with E-state index in [4.69, 9.17) is 9.47 Å². The van der Waals surface area contributed by atoms with Crippen LogP contribution in [0.25, 0.3) is 0 Å². The number of hydrogen-bond donors (Lipinski definition) is 3. The molecule has 1 unspecified atom stereocenters.